The number of carbonyl (C=O) groups excluding carboxylic acids is 1. The fourth-order valence-electron chi connectivity index (χ4n) is 2.69. The molecule has 138 valence electrons. The van der Waals surface area contributed by atoms with Gasteiger partial charge in [0.2, 0.25) is 0 Å². The van der Waals surface area contributed by atoms with Gasteiger partial charge in [-0.25, -0.2) is 4.79 Å². The van der Waals surface area contributed by atoms with Crippen molar-refractivity contribution in [2.75, 3.05) is 18.5 Å². The number of ether oxygens (including phenoxy) is 2. The van der Waals surface area contributed by atoms with Crippen molar-refractivity contribution in [1.82, 2.24) is 4.98 Å². The molecular weight excluding hydrogens is 404 g/mol. The molecule has 0 bridgehead atoms. The van der Waals surface area contributed by atoms with E-state index < -0.39 is 11.6 Å². The zero-order chi connectivity index (χ0) is 18.9. The smallest absolute Gasteiger partial charge is 0.418 e. The standard InChI is InChI=1S/C17H19BrN4O4/c1-9-15(20-10(2)25-9)26-16(23)21-13-5-11(4-12(18)6-13)17(3)8-24-7-14(19)22-17/h4-6H,7-8H2,1-3H3,(H2,19,22)(H,21,23)/t17-/m0/s1. The van der Waals surface area contributed by atoms with Crippen molar-refractivity contribution < 1.29 is 18.7 Å². The lowest BCUT2D eigenvalue weighted by molar-refractivity contribution is 0.106. The molecule has 0 unspecified atom stereocenters. The summed E-state index contributed by atoms with van der Waals surface area (Å²) < 4.78 is 16.7. The number of benzene rings is 1. The first kappa shape index (κ1) is 18.4. The van der Waals surface area contributed by atoms with Crippen molar-refractivity contribution in [1.29, 1.82) is 0 Å². The first-order chi connectivity index (χ1) is 12.2. The maximum Gasteiger partial charge on any atom is 0.418 e. The summed E-state index contributed by atoms with van der Waals surface area (Å²) >= 11 is 3.45. The Morgan fingerprint density at radius 1 is 1.38 bits per heavy atom. The van der Waals surface area contributed by atoms with E-state index >= 15 is 0 Å². The lowest BCUT2D eigenvalue weighted by Crippen LogP contribution is -2.37. The highest BCUT2D eigenvalue weighted by Gasteiger charge is 2.30. The largest absolute Gasteiger partial charge is 0.442 e. The van der Waals surface area contributed by atoms with Crippen LogP contribution < -0.4 is 15.8 Å². The first-order valence-corrected chi connectivity index (χ1v) is 8.70. The van der Waals surface area contributed by atoms with E-state index in [-0.39, 0.29) is 5.88 Å². The number of rotatable bonds is 3. The number of halogens is 1. The van der Waals surface area contributed by atoms with Gasteiger partial charge in [-0.2, -0.15) is 4.98 Å². The normalized spacial score (nSPS) is 19.8. The third kappa shape index (κ3) is 4.05. The molecule has 1 aromatic carbocycles. The number of amidine groups is 1. The summed E-state index contributed by atoms with van der Waals surface area (Å²) in [5.41, 5.74) is 6.57. The Morgan fingerprint density at radius 3 is 2.81 bits per heavy atom. The first-order valence-electron chi connectivity index (χ1n) is 7.91. The Bertz CT molecular complexity index is 880. The lowest BCUT2D eigenvalue weighted by Gasteiger charge is -2.30. The highest BCUT2D eigenvalue weighted by Crippen LogP contribution is 2.32. The van der Waals surface area contributed by atoms with Gasteiger partial charge in [0, 0.05) is 17.1 Å². The molecule has 1 aliphatic rings. The van der Waals surface area contributed by atoms with Gasteiger partial charge in [0.05, 0.1) is 6.61 Å². The number of carbonyl (C=O) groups is 1. The molecule has 9 heteroatoms. The Balaban J connectivity index is 1.80. The number of nitrogens with zero attached hydrogens (tertiary/aromatic N) is 2. The highest BCUT2D eigenvalue weighted by molar-refractivity contribution is 9.10. The predicted octanol–water partition coefficient (Wildman–Crippen LogP) is 3.27. The van der Waals surface area contributed by atoms with Crippen LogP contribution in [0.2, 0.25) is 0 Å². The van der Waals surface area contributed by atoms with Crippen molar-refractivity contribution in [2.24, 2.45) is 10.7 Å². The van der Waals surface area contributed by atoms with E-state index in [1.165, 1.54) is 0 Å². The SMILES string of the molecule is Cc1nc(OC(=O)Nc2cc(Br)cc([C@]3(C)COCC(N)=N3)c2)c(C)o1. The van der Waals surface area contributed by atoms with E-state index in [1.807, 2.05) is 13.0 Å². The van der Waals surface area contributed by atoms with Gasteiger partial charge in [0.25, 0.3) is 5.88 Å². The molecule has 8 nitrogen and oxygen atoms in total. The fraction of sp³-hybridized carbons (Fsp3) is 0.353. The van der Waals surface area contributed by atoms with E-state index in [0.29, 0.717) is 36.4 Å². The molecule has 0 radical (unpaired) electrons. The number of amides is 1. The molecule has 1 atom stereocenters. The third-order valence-corrected chi connectivity index (χ3v) is 4.30. The van der Waals surface area contributed by atoms with Gasteiger partial charge < -0.3 is 19.6 Å². The van der Waals surface area contributed by atoms with Crippen molar-refractivity contribution in [3.63, 3.8) is 0 Å². The Kier molecular flexibility index (Phi) is 5.01. The van der Waals surface area contributed by atoms with Crippen LogP contribution in [-0.2, 0) is 10.3 Å². The minimum absolute atomic E-state index is 0.139. The van der Waals surface area contributed by atoms with Crippen LogP contribution in [0.4, 0.5) is 10.5 Å². The van der Waals surface area contributed by atoms with Crippen LogP contribution in [0.25, 0.3) is 0 Å². The molecular formula is C17H19BrN4O4. The van der Waals surface area contributed by atoms with E-state index in [1.54, 1.807) is 26.0 Å². The average molecular weight is 423 g/mol. The summed E-state index contributed by atoms with van der Waals surface area (Å²) in [5.74, 6) is 1.43. The number of aromatic nitrogens is 1. The zero-order valence-corrected chi connectivity index (χ0v) is 16.2. The molecule has 1 aliphatic heterocycles. The van der Waals surface area contributed by atoms with Crippen LogP contribution in [0, 0.1) is 13.8 Å². The summed E-state index contributed by atoms with van der Waals surface area (Å²) in [7, 11) is 0. The Labute approximate surface area is 158 Å². The minimum Gasteiger partial charge on any atom is -0.442 e. The van der Waals surface area contributed by atoms with Crippen LogP contribution in [0.5, 0.6) is 5.88 Å². The topological polar surface area (TPSA) is 112 Å². The van der Waals surface area contributed by atoms with Crippen LogP contribution in [0.15, 0.2) is 32.1 Å². The quantitative estimate of drug-likeness (QED) is 0.784. The molecule has 0 saturated carbocycles. The lowest BCUT2D eigenvalue weighted by atomic mass is 9.92. The van der Waals surface area contributed by atoms with Gasteiger partial charge in [-0.05, 0) is 37.6 Å². The summed E-state index contributed by atoms with van der Waals surface area (Å²) in [6.07, 6.45) is -0.668. The number of hydrogen-bond acceptors (Lipinski definition) is 7. The summed E-state index contributed by atoms with van der Waals surface area (Å²) in [5, 5.41) is 2.68. The summed E-state index contributed by atoms with van der Waals surface area (Å²) in [4.78, 5) is 20.7. The molecule has 0 spiro atoms. The Hall–Kier alpha value is -2.39. The molecule has 26 heavy (non-hydrogen) atoms. The Morgan fingerprint density at radius 2 is 2.15 bits per heavy atom. The monoisotopic (exact) mass is 422 g/mol. The van der Waals surface area contributed by atoms with Crippen LogP contribution in [0.1, 0.15) is 24.1 Å². The predicted molar refractivity (Wildman–Crippen MR) is 99.6 cm³/mol. The van der Waals surface area contributed by atoms with Crippen molar-refractivity contribution >= 4 is 33.5 Å². The van der Waals surface area contributed by atoms with Gasteiger partial charge in [-0.15, -0.1) is 0 Å². The number of aliphatic imine (C=N–C) groups is 1. The van der Waals surface area contributed by atoms with Gasteiger partial charge in [0.1, 0.15) is 18.0 Å². The fourth-order valence-corrected chi connectivity index (χ4v) is 3.19. The second-order valence-electron chi connectivity index (χ2n) is 6.21. The van der Waals surface area contributed by atoms with Crippen LogP contribution in [0.3, 0.4) is 0 Å². The summed E-state index contributed by atoms with van der Waals surface area (Å²) in [6.45, 7) is 5.98. The number of nitrogens with one attached hydrogen (secondary N) is 1. The van der Waals surface area contributed by atoms with Crippen molar-refractivity contribution in [3.05, 3.63) is 39.9 Å². The van der Waals surface area contributed by atoms with Crippen LogP contribution >= 0.6 is 15.9 Å². The molecule has 2 heterocycles. The number of aryl methyl sites for hydroxylation is 2. The number of nitrogens with two attached hydrogens (primary N) is 1. The van der Waals surface area contributed by atoms with Crippen molar-refractivity contribution in [2.45, 2.75) is 26.3 Å². The molecule has 0 fully saturated rings. The van der Waals surface area contributed by atoms with Gasteiger partial charge in [-0.1, -0.05) is 15.9 Å². The third-order valence-electron chi connectivity index (χ3n) is 3.84. The van der Waals surface area contributed by atoms with Gasteiger partial charge in [-0.3, -0.25) is 10.3 Å². The number of oxazole rings is 1. The molecule has 3 N–H and O–H groups in total. The molecule has 0 aliphatic carbocycles. The van der Waals surface area contributed by atoms with Gasteiger partial charge >= 0.3 is 6.09 Å². The average Bonchev–Trinajstić information content (AvgIpc) is 2.83. The molecule has 2 aromatic rings. The van der Waals surface area contributed by atoms with E-state index in [9.17, 15) is 4.79 Å². The van der Waals surface area contributed by atoms with Crippen LogP contribution in [-0.4, -0.2) is 30.1 Å². The minimum atomic E-state index is -0.668. The molecule has 3 rings (SSSR count). The van der Waals surface area contributed by atoms with E-state index in [2.05, 4.69) is 31.2 Å². The second kappa shape index (κ2) is 7.08. The number of anilines is 1. The molecule has 1 aromatic heterocycles. The zero-order valence-electron chi connectivity index (χ0n) is 14.6. The highest BCUT2D eigenvalue weighted by atomic mass is 79.9. The van der Waals surface area contributed by atoms with E-state index in [0.717, 1.165) is 10.0 Å². The van der Waals surface area contributed by atoms with Gasteiger partial charge in [0.15, 0.2) is 11.7 Å². The van der Waals surface area contributed by atoms with E-state index in [4.69, 9.17) is 19.6 Å². The van der Waals surface area contributed by atoms with Crippen molar-refractivity contribution in [3.8, 4) is 5.88 Å². The number of hydrogen-bond donors (Lipinski definition) is 2. The maximum atomic E-state index is 12.2. The second-order valence-corrected chi connectivity index (χ2v) is 7.12. The molecule has 1 amide bonds. The maximum absolute atomic E-state index is 12.2. The molecule has 0 saturated heterocycles. The summed E-state index contributed by atoms with van der Waals surface area (Å²) in [6, 6.07) is 5.47.